The van der Waals surface area contributed by atoms with Gasteiger partial charge in [-0.1, -0.05) is 6.08 Å². The molecule has 0 aromatic carbocycles. The third-order valence-corrected chi connectivity index (χ3v) is 2.33. The fraction of sp³-hybridized carbons (Fsp3) is 0.286. The third kappa shape index (κ3) is 0.793. The summed E-state index contributed by atoms with van der Waals surface area (Å²) < 4.78 is 0. The summed E-state index contributed by atoms with van der Waals surface area (Å²) in [6.45, 7) is 0. The van der Waals surface area contributed by atoms with Crippen LogP contribution < -0.4 is 0 Å². The van der Waals surface area contributed by atoms with Crippen molar-refractivity contribution in [1.82, 2.24) is 4.98 Å². The van der Waals surface area contributed by atoms with Crippen LogP contribution in [0.1, 0.15) is 17.0 Å². The van der Waals surface area contributed by atoms with Gasteiger partial charge in [-0.3, -0.25) is 0 Å². The smallest absolute Gasteiger partial charge is 0.0801 e. The summed E-state index contributed by atoms with van der Waals surface area (Å²) in [6, 6.07) is 0. The summed E-state index contributed by atoms with van der Waals surface area (Å²) in [5, 5.41) is 0. The first-order valence-electron chi connectivity index (χ1n) is 3.06. The molecule has 1 heterocycles. The van der Waals surface area contributed by atoms with Crippen molar-refractivity contribution in [1.29, 1.82) is 0 Å². The zero-order chi connectivity index (χ0) is 6.10. The van der Waals surface area contributed by atoms with E-state index in [9.17, 15) is 0 Å². The van der Waals surface area contributed by atoms with E-state index in [4.69, 9.17) is 0 Å². The summed E-state index contributed by atoms with van der Waals surface area (Å²) in [4.78, 5) is 5.57. The minimum atomic E-state index is 1.13. The van der Waals surface area contributed by atoms with Crippen LogP contribution in [0.4, 0.5) is 0 Å². The molecule has 0 spiro atoms. The van der Waals surface area contributed by atoms with Crippen molar-refractivity contribution in [3.63, 3.8) is 0 Å². The highest BCUT2D eigenvalue weighted by atomic mass is 32.1. The molecule has 0 saturated carbocycles. The molecule has 9 heavy (non-hydrogen) atoms. The van der Waals surface area contributed by atoms with E-state index in [0.717, 1.165) is 12.8 Å². The number of nitrogens with zero attached hydrogens (tertiary/aromatic N) is 1. The predicted octanol–water partition coefficient (Wildman–Crippen LogP) is 2.10. The molecule has 1 aromatic rings. The highest BCUT2D eigenvalue weighted by Crippen LogP contribution is 2.20. The summed E-state index contributed by atoms with van der Waals surface area (Å²) in [7, 11) is 0. The number of allylic oxidation sites excluding steroid dienone is 1. The Balaban J connectivity index is 2.53. The van der Waals surface area contributed by atoms with E-state index in [0.29, 0.717) is 0 Å². The van der Waals surface area contributed by atoms with E-state index >= 15 is 0 Å². The molecule has 0 bridgehead atoms. The lowest BCUT2D eigenvalue weighted by atomic mass is 10.1. The normalized spacial score (nSPS) is 15.6. The van der Waals surface area contributed by atoms with Crippen molar-refractivity contribution in [3.05, 3.63) is 22.2 Å². The van der Waals surface area contributed by atoms with Gasteiger partial charge in [0.15, 0.2) is 0 Å². The first-order valence-corrected chi connectivity index (χ1v) is 3.94. The second-order valence-corrected chi connectivity index (χ2v) is 2.99. The fourth-order valence-electron chi connectivity index (χ4n) is 1.01. The van der Waals surface area contributed by atoms with E-state index in [-0.39, 0.29) is 0 Å². The third-order valence-electron chi connectivity index (χ3n) is 1.49. The largest absolute Gasteiger partial charge is 0.249 e. The molecular weight excluding hydrogens is 130 g/mol. The minimum absolute atomic E-state index is 1.13. The number of fused-ring (bicyclic) bond motifs is 1. The van der Waals surface area contributed by atoms with E-state index < -0.39 is 0 Å². The van der Waals surface area contributed by atoms with Crippen molar-refractivity contribution in [3.8, 4) is 0 Å². The van der Waals surface area contributed by atoms with Crippen molar-refractivity contribution in [2.24, 2.45) is 0 Å². The van der Waals surface area contributed by atoms with Crippen LogP contribution in [0.3, 0.4) is 0 Å². The van der Waals surface area contributed by atoms with E-state index in [2.05, 4.69) is 17.1 Å². The number of hydrogen-bond acceptors (Lipinski definition) is 2. The van der Waals surface area contributed by atoms with Gasteiger partial charge in [-0.2, -0.15) is 0 Å². The van der Waals surface area contributed by atoms with Crippen LogP contribution in [0.25, 0.3) is 6.08 Å². The van der Waals surface area contributed by atoms with Gasteiger partial charge in [0.1, 0.15) is 0 Å². The standard InChI is InChI=1S/C7H7NS/c1-2-4-7-6(3-1)8-5-9-7/h2,4-5H,1,3H2. The number of rotatable bonds is 0. The topological polar surface area (TPSA) is 12.9 Å². The summed E-state index contributed by atoms with van der Waals surface area (Å²) >= 11 is 1.73. The van der Waals surface area contributed by atoms with E-state index in [1.807, 2.05) is 5.51 Å². The van der Waals surface area contributed by atoms with Crippen LogP contribution in [0.5, 0.6) is 0 Å². The van der Waals surface area contributed by atoms with Crippen LogP contribution in [-0.2, 0) is 6.42 Å². The molecule has 0 N–H and O–H groups in total. The summed E-state index contributed by atoms with van der Waals surface area (Å²) in [5.74, 6) is 0. The molecule has 0 fully saturated rings. The Labute approximate surface area is 58.1 Å². The van der Waals surface area contributed by atoms with Gasteiger partial charge in [0, 0.05) is 4.88 Å². The number of aryl methyl sites for hydroxylation is 1. The number of aromatic nitrogens is 1. The number of hydrogen-bond donors (Lipinski definition) is 0. The Kier molecular flexibility index (Phi) is 1.12. The molecule has 1 aromatic heterocycles. The van der Waals surface area contributed by atoms with Gasteiger partial charge >= 0.3 is 0 Å². The van der Waals surface area contributed by atoms with Crippen molar-refractivity contribution in [2.75, 3.05) is 0 Å². The Morgan fingerprint density at radius 3 is 3.44 bits per heavy atom. The summed E-state index contributed by atoms with van der Waals surface area (Å²) in [6.07, 6.45) is 6.67. The Morgan fingerprint density at radius 1 is 1.56 bits per heavy atom. The lowest BCUT2D eigenvalue weighted by Crippen LogP contribution is -1.89. The van der Waals surface area contributed by atoms with Crippen LogP contribution in [-0.4, -0.2) is 4.98 Å². The lowest BCUT2D eigenvalue weighted by molar-refractivity contribution is 0.946. The molecule has 0 unspecified atom stereocenters. The summed E-state index contributed by atoms with van der Waals surface area (Å²) in [5.41, 5.74) is 3.20. The predicted molar refractivity (Wildman–Crippen MR) is 39.5 cm³/mol. The highest BCUT2D eigenvalue weighted by molar-refractivity contribution is 7.10. The molecule has 46 valence electrons. The van der Waals surface area contributed by atoms with Crippen molar-refractivity contribution in [2.45, 2.75) is 12.8 Å². The quantitative estimate of drug-likeness (QED) is 0.533. The minimum Gasteiger partial charge on any atom is -0.249 e. The van der Waals surface area contributed by atoms with Crippen molar-refractivity contribution < 1.29 is 0 Å². The molecule has 0 atom stereocenters. The average molecular weight is 137 g/mol. The maximum Gasteiger partial charge on any atom is 0.0801 e. The van der Waals surface area contributed by atoms with Gasteiger partial charge in [-0.15, -0.1) is 11.3 Å². The first kappa shape index (κ1) is 5.18. The number of thiazole rings is 1. The second-order valence-electron chi connectivity index (χ2n) is 2.10. The first-order chi connectivity index (χ1) is 4.47. The molecular formula is C7H7NS. The SMILES string of the molecule is C1=Cc2scnc2CC1. The molecule has 1 aliphatic rings. The Morgan fingerprint density at radius 2 is 2.56 bits per heavy atom. The van der Waals surface area contributed by atoms with Gasteiger partial charge in [0.05, 0.1) is 11.2 Å². The molecule has 1 nitrogen and oxygen atoms in total. The monoisotopic (exact) mass is 137 g/mol. The van der Waals surface area contributed by atoms with Crippen LogP contribution >= 0.6 is 11.3 Å². The van der Waals surface area contributed by atoms with E-state index in [1.54, 1.807) is 11.3 Å². The van der Waals surface area contributed by atoms with Gasteiger partial charge in [0.2, 0.25) is 0 Å². The maximum absolute atomic E-state index is 4.22. The van der Waals surface area contributed by atoms with Crippen molar-refractivity contribution >= 4 is 17.4 Å². The maximum atomic E-state index is 4.22. The molecule has 0 saturated heterocycles. The molecule has 2 rings (SSSR count). The molecule has 0 amide bonds. The Hall–Kier alpha value is -0.630. The molecule has 2 heteroatoms. The molecule has 0 aliphatic heterocycles. The van der Waals surface area contributed by atoms with E-state index in [1.165, 1.54) is 10.6 Å². The van der Waals surface area contributed by atoms with Crippen LogP contribution in [0.15, 0.2) is 11.6 Å². The van der Waals surface area contributed by atoms with Gasteiger partial charge in [-0.25, -0.2) is 4.98 Å². The van der Waals surface area contributed by atoms with Crippen LogP contribution in [0, 0.1) is 0 Å². The average Bonchev–Trinajstić information content (AvgIpc) is 2.33. The Bertz CT molecular complexity index is 237. The second kappa shape index (κ2) is 1.95. The van der Waals surface area contributed by atoms with Gasteiger partial charge < -0.3 is 0 Å². The fourth-order valence-corrected chi connectivity index (χ4v) is 1.77. The van der Waals surface area contributed by atoms with Crippen LogP contribution in [0.2, 0.25) is 0 Å². The highest BCUT2D eigenvalue weighted by Gasteiger charge is 2.04. The molecule has 1 aliphatic carbocycles. The lowest BCUT2D eigenvalue weighted by Gasteiger charge is -1.99. The van der Waals surface area contributed by atoms with Gasteiger partial charge in [0.25, 0.3) is 0 Å². The van der Waals surface area contributed by atoms with Gasteiger partial charge in [-0.05, 0) is 18.9 Å². The zero-order valence-electron chi connectivity index (χ0n) is 5.00. The zero-order valence-corrected chi connectivity index (χ0v) is 5.82. The molecule has 0 radical (unpaired) electrons.